The summed E-state index contributed by atoms with van der Waals surface area (Å²) in [4.78, 5) is 12.2. The van der Waals surface area contributed by atoms with Gasteiger partial charge < -0.3 is 4.57 Å². The largest absolute Gasteiger partial charge is 0.331 e. The summed E-state index contributed by atoms with van der Waals surface area (Å²) in [5.41, 5.74) is 4.19. The average molecular weight is 217 g/mol. The Labute approximate surface area is 93.9 Å². The van der Waals surface area contributed by atoms with E-state index in [1.807, 2.05) is 39.3 Å². The quantitative estimate of drug-likeness (QED) is 0.673. The molecule has 0 unspecified atom stereocenters. The molecule has 0 atom stereocenters. The lowest BCUT2D eigenvalue weighted by atomic mass is 10.1. The highest BCUT2D eigenvalue weighted by molar-refractivity contribution is 5.80. The smallest absolute Gasteiger partial charge is 0.194 e. The highest BCUT2D eigenvalue weighted by Crippen LogP contribution is 2.16. The summed E-state index contributed by atoms with van der Waals surface area (Å²) in [6.07, 6.45) is 0. The van der Waals surface area contributed by atoms with Crippen LogP contribution < -0.4 is 5.43 Å². The van der Waals surface area contributed by atoms with E-state index in [1.165, 1.54) is 0 Å². The van der Waals surface area contributed by atoms with Crippen LogP contribution in [-0.2, 0) is 7.05 Å². The van der Waals surface area contributed by atoms with Gasteiger partial charge in [-0.2, -0.15) is 5.10 Å². The van der Waals surface area contributed by atoms with Crippen molar-refractivity contribution in [2.45, 2.75) is 27.7 Å². The third kappa shape index (κ3) is 1.26. The third-order valence-electron chi connectivity index (χ3n) is 3.37. The number of aromatic nitrogens is 3. The molecule has 0 radical (unpaired) electrons. The van der Waals surface area contributed by atoms with Gasteiger partial charge in [-0.15, -0.1) is 5.10 Å². The van der Waals surface area contributed by atoms with Crippen molar-refractivity contribution >= 4 is 11.0 Å². The number of aryl methyl sites for hydroxylation is 3. The molecule has 0 aliphatic carbocycles. The number of pyridine rings is 1. The van der Waals surface area contributed by atoms with Gasteiger partial charge in [-0.25, -0.2) is 0 Å². The van der Waals surface area contributed by atoms with Crippen LogP contribution in [0.15, 0.2) is 4.79 Å². The first-order chi connectivity index (χ1) is 7.45. The van der Waals surface area contributed by atoms with E-state index in [9.17, 15) is 4.79 Å². The van der Waals surface area contributed by atoms with Crippen LogP contribution in [0, 0.1) is 27.7 Å². The van der Waals surface area contributed by atoms with Crippen LogP contribution in [0.3, 0.4) is 0 Å². The van der Waals surface area contributed by atoms with Gasteiger partial charge in [0.05, 0.1) is 11.1 Å². The molecule has 16 heavy (non-hydrogen) atoms. The lowest BCUT2D eigenvalue weighted by molar-refractivity contribution is 0.840. The Kier molecular flexibility index (Phi) is 2.30. The zero-order valence-electron chi connectivity index (χ0n) is 10.2. The number of hydrogen-bond acceptors (Lipinski definition) is 3. The van der Waals surface area contributed by atoms with Crippen molar-refractivity contribution in [1.82, 2.24) is 14.8 Å². The van der Waals surface area contributed by atoms with Gasteiger partial charge >= 0.3 is 0 Å². The summed E-state index contributed by atoms with van der Waals surface area (Å²) in [5.74, 6) is 0. The van der Waals surface area contributed by atoms with Gasteiger partial charge in [-0.05, 0) is 33.3 Å². The number of hydrogen-bond donors (Lipinski definition) is 0. The molecule has 2 rings (SSSR count). The van der Waals surface area contributed by atoms with Gasteiger partial charge in [0.25, 0.3) is 0 Å². The van der Waals surface area contributed by atoms with Gasteiger partial charge in [-0.1, -0.05) is 0 Å². The Morgan fingerprint density at radius 2 is 1.62 bits per heavy atom. The van der Waals surface area contributed by atoms with Crippen LogP contribution in [0.1, 0.15) is 22.5 Å². The van der Waals surface area contributed by atoms with Gasteiger partial charge in [0, 0.05) is 18.3 Å². The molecule has 4 nitrogen and oxygen atoms in total. The van der Waals surface area contributed by atoms with Gasteiger partial charge in [-0.3, -0.25) is 4.79 Å². The second kappa shape index (κ2) is 3.40. The molecule has 0 aromatic carbocycles. The van der Waals surface area contributed by atoms with Crippen molar-refractivity contribution in [1.29, 1.82) is 0 Å². The molecule has 2 aromatic rings. The van der Waals surface area contributed by atoms with E-state index in [1.54, 1.807) is 0 Å². The topological polar surface area (TPSA) is 47.8 Å². The van der Waals surface area contributed by atoms with E-state index < -0.39 is 0 Å². The molecule has 84 valence electrons. The van der Waals surface area contributed by atoms with E-state index in [2.05, 4.69) is 10.2 Å². The minimum atomic E-state index is 0.0705. The number of fused-ring (bicyclic) bond motifs is 1. The molecule has 0 bridgehead atoms. The lowest BCUT2D eigenvalue weighted by Crippen LogP contribution is -2.17. The second-order valence-corrected chi connectivity index (χ2v) is 4.21. The van der Waals surface area contributed by atoms with E-state index in [0.717, 1.165) is 22.5 Å². The summed E-state index contributed by atoms with van der Waals surface area (Å²) in [6.45, 7) is 7.57. The Balaban J connectivity index is 3.16. The summed E-state index contributed by atoms with van der Waals surface area (Å²) in [5, 5.41) is 8.88. The molecule has 0 saturated carbocycles. The highest BCUT2D eigenvalue weighted by atomic mass is 16.1. The molecule has 0 spiro atoms. The van der Waals surface area contributed by atoms with Crippen LogP contribution in [0.5, 0.6) is 0 Å². The Hall–Kier alpha value is -1.71. The fourth-order valence-electron chi connectivity index (χ4n) is 1.86. The third-order valence-corrected chi connectivity index (χ3v) is 3.37. The average Bonchev–Trinajstić information content (AvgIpc) is 2.27. The summed E-state index contributed by atoms with van der Waals surface area (Å²) < 4.78 is 1.92. The zero-order chi connectivity index (χ0) is 12.0. The predicted octanol–water partition coefficient (Wildman–Crippen LogP) is 1.56. The summed E-state index contributed by atoms with van der Waals surface area (Å²) >= 11 is 0. The van der Waals surface area contributed by atoms with Crippen molar-refractivity contribution in [2.75, 3.05) is 0 Å². The van der Waals surface area contributed by atoms with Gasteiger partial charge in [0.1, 0.15) is 0 Å². The molecular weight excluding hydrogens is 202 g/mol. The minimum Gasteiger partial charge on any atom is -0.331 e. The molecule has 2 aromatic heterocycles. The van der Waals surface area contributed by atoms with Crippen molar-refractivity contribution in [3.05, 3.63) is 32.7 Å². The highest BCUT2D eigenvalue weighted by Gasteiger charge is 2.13. The Morgan fingerprint density at radius 1 is 1.00 bits per heavy atom. The zero-order valence-corrected chi connectivity index (χ0v) is 10.2. The monoisotopic (exact) mass is 217 g/mol. The maximum atomic E-state index is 12.2. The fourth-order valence-corrected chi connectivity index (χ4v) is 1.86. The Bertz CT molecular complexity index is 641. The molecule has 0 N–H and O–H groups in total. The molecule has 0 amide bonds. The first kappa shape index (κ1) is 10.8. The lowest BCUT2D eigenvalue weighted by Gasteiger charge is -2.12. The predicted molar refractivity (Wildman–Crippen MR) is 63.7 cm³/mol. The molecule has 0 fully saturated rings. The SMILES string of the molecule is Cc1nnc2c(c1C)c(=O)c(C)c(C)n2C. The molecule has 2 heterocycles. The fraction of sp³-hybridized carbons (Fsp3) is 0.417. The van der Waals surface area contributed by atoms with Crippen molar-refractivity contribution in [2.24, 2.45) is 7.05 Å². The van der Waals surface area contributed by atoms with Gasteiger partial charge in [0.2, 0.25) is 0 Å². The second-order valence-electron chi connectivity index (χ2n) is 4.21. The van der Waals surface area contributed by atoms with Crippen molar-refractivity contribution < 1.29 is 0 Å². The van der Waals surface area contributed by atoms with E-state index >= 15 is 0 Å². The van der Waals surface area contributed by atoms with E-state index in [0.29, 0.717) is 11.0 Å². The van der Waals surface area contributed by atoms with Crippen LogP contribution >= 0.6 is 0 Å². The van der Waals surface area contributed by atoms with Crippen molar-refractivity contribution in [3.8, 4) is 0 Å². The molecular formula is C12H15N3O. The standard InChI is InChI=1S/C12H15N3O/c1-6-8(3)13-14-12-10(6)11(16)7(2)9(4)15(12)5/h1-5H3. The van der Waals surface area contributed by atoms with Crippen LogP contribution in [0.4, 0.5) is 0 Å². The van der Waals surface area contributed by atoms with Crippen molar-refractivity contribution in [3.63, 3.8) is 0 Å². The maximum Gasteiger partial charge on any atom is 0.194 e. The molecule has 0 aliphatic heterocycles. The van der Waals surface area contributed by atoms with Crippen LogP contribution in [0.2, 0.25) is 0 Å². The van der Waals surface area contributed by atoms with E-state index in [4.69, 9.17) is 0 Å². The summed E-state index contributed by atoms with van der Waals surface area (Å²) in [6, 6.07) is 0. The first-order valence-electron chi connectivity index (χ1n) is 5.25. The summed E-state index contributed by atoms with van der Waals surface area (Å²) in [7, 11) is 1.91. The first-order valence-corrected chi connectivity index (χ1v) is 5.25. The minimum absolute atomic E-state index is 0.0705. The molecule has 4 heteroatoms. The Morgan fingerprint density at radius 3 is 2.25 bits per heavy atom. The van der Waals surface area contributed by atoms with Crippen LogP contribution in [0.25, 0.3) is 11.0 Å². The maximum absolute atomic E-state index is 12.2. The molecule has 0 saturated heterocycles. The molecule has 0 aliphatic rings. The van der Waals surface area contributed by atoms with Gasteiger partial charge in [0.15, 0.2) is 11.1 Å². The number of nitrogens with zero attached hydrogens (tertiary/aromatic N) is 3. The number of rotatable bonds is 0. The normalized spacial score (nSPS) is 11.1. The van der Waals surface area contributed by atoms with Crippen LogP contribution in [-0.4, -0.2) is 14.8 Å². The van der Waals surface area contributed by atoms with E-state index in [-0.39, 0.29) is 5.43 Å².